The zero-order valence-corrected chi connectivity index (χ0v) is 13.8. The summed E-state index contributed by atoms with van der Waals surface area (Å²) in [5.74, 6) is 0.145. The maximum atomic E-state index is 13.4. The van der Waals surface area contributed by atoms with E-state index in [1.54, 1.807) is 18.2 Å². The lowest BCUT2D eigenvalue weighted by atomic mass is 9.98. The number of halogens is 2. The molecule has 0 radical (unpaired) electrons. The topological polar surface area (TPSA) is 44.4 Å². The Kier molecular flexibility index (Phi) is 8.38. The zero-order chi connectivity index (χ0) is 15.1. The molecule has 1 aromatic carbocycles. The van der Waals surface area contributed by atoms with Gasteiger partial charge in [0, 0.05) is 19.5 Å². The highest BCUT2D eigenvalue weighted by Gasteiger charge is 2.19. The minimum absolute atomic E-state index is 0. The molecule has 0 aliphatic carbocycles. The second-order valence-corrected chi connectivity index (χ2v) is 5.64. The van der Waals surface area contributed by atoms with Crippen LogP contribution in [-0.2, 0) is 4.79 Å². The molecule has 1 saturated heterocycles. The molecule has 2 N–H and O–H groups in total. The van der Waals surface area contributed by atoms with E-state index in [1.807, 2.05) is 7.05 Å². The lowest BCUT2D eigenvalue weighted by Crippen LogP contribution is -2.40. The monoisotopic (exact) mass is 329 g/mol. The minimum Gasteiger partial charge on any atom is -0.324 e. The average molecular weight is 330 g/mol. The molecular formula is C16H25ClFN3O. The van der Waals surface area contributed by atoms with E-state index >= 15 is 0 Å². The molecule has 124 valence electrons. The molecule has 6 heteroatoms. The van der Waals surface area contributed by atoms with Gasteiger partial charge in [-0.2, -0.15) is 0 Å². The van der Waals surface area contributed by atoms with Gasteiger partial charge in [-0.15, -0.1) is 12.4 Å². The fourth-order valence-corrected chi connectivity index (χ4v) is 2.84. The molecule has 1 aliphatic rings. The summed E-state index contributed by atoms with van der Waals surface area (Å²) < 4.78 is 13.4. The number of piperidine rings is 1. The number of benzene rings is 1. The molecule has 0 spiro atoms. The van der Waals surface area contributed by atoms with Gasteiger partial charge in [-0.05, 0) is 51.0 Å². The molecule has 0 aromatic heterocycles. The van der Waals surface area contributed by atoms with Crippen molar-refractivity contribution in [2.45, 2.75) is 19.3 Å². The maximum absolute atomic E-state index is 13.4. The predicted octanol–water partition coefficient (Wildman–Crippen LogP) is 2.51. The van der Waals surface area contributed by atoms with Crippen molar-refractivity contribution in [3.8, 4) is 0 Å². The van der Waals surface area contributed by atoms with Gasteiger partial charge < -0.3 is 15.5 Å². The highest BCUT2D eigenvalue weighted by atomic mass is 35.5. The van der Waals surface area contributed by atoms with Gasteiger partial charge >= 0.3 is 0 Å². The highest BCUT2D eigenvalue weighted by molar-refractivity contribution is 5.90. The summed E-state index contributed by atoms with van der Waals surface area (Å²) in [4.78, 5) is 14.2. The van der Waals surface area contributed by atoms with Crippen molar-refractivity contribution >= 4 is 24.0 Å². The summed E-state index contributed by atoms with van der Waals surface area (Å²) in [7, 11) is 1.97. The molecule has 2 rings (SSSR count). The van der Waals surface area contributed by atoms with Crippen LogP contribution in [0.2, 0.25) is 0 Å². The van der Waals surface area contributed by atoms with Crippen LogP contribution in [0.25, 0.3) is 0 Å². The first kappa shape index (κ1) is 18.9. The Labute approximate surface area is 137 Å². The van der Waals surface area contributed by atoms with Crippen molar-refractivity contribution in [1.29, 1.82) is 0 Å². The first-order chi connectivity index (χ1) is 10.2. The molecule has 1 aromatic rings. The van der Waals surface area contributed by atoms with Crippen molar-refractivity contribution in [3.05, 3.63) is 30.1 Å². The van der Waals surface area contributed by atoms with Gasteiger partial charge in [-0.3, -0.25) is 4.79 Å². The number of hydrogen-bond acceptors (Lipinski definition) is 3. The Morgan fingerprint density at radius 1 is 1.41 bits per heavy atom. The second kappa shape index (κ2) is 9.77. The molecule has 22 heavy (non-hydrogen) atoms. The first-order valence-electron chi connectivity index (χ1n) is 7.60. The van der Waals surface area contributed by atoms with Crippen molar-refractivity contribution in [3.63, 3.8) is 0 Å². The van der Waals surface area contributed by atoms with Gasteiger partial charge in [-0.1, -0.05) is 12.1 Å². The minimum atomic E-state index is -0.391. The van der Waals surface area contributed by atoms with Gasteiger partial charge in [0.05, 0.1) is 5.69 Å². The van der Waals surface area contributed by atoms with Crippen molar-refractivity contribution in [1.82, 2.24) is 10.2 Å². The van der Waals surface area contributed by atoms with Crippen molar-refractivity contribution in [2.75, 3.05) is 38.5 Å². The number of amides is 1. The molecule has 0 bridgehead atoms. The molecule has 1 amide bonds. The van der Waals surface area contributed by atoms with E-state index in [0.29, 0.717) is 12.3 Å². The summed E-state index contributed by atoms with van der Waals surface area (Å²) in [5.41, 5.74) is 0.259. The fraction of sp³-hybridized carbons (Fsp3) is 0.562. The number of para-hydroxylation sites is 1. The van der Waals surface area contributed by atoms with Gasteiger partial charge in [0.15, 0.2) is 0 Å². The van der Waals surface area contributed by atoms with Crippen LogP contribution in [0.3, 0.4) is 0 Å². The Bertz CT molecular complexity index is 470. The standard InChI is InChI=1S/C16H24FN3O.ClH/c1-18-11-13-5-4-9-20(12-13)10-8-16(21)19-15-7-3-2-6-14(15)17;/h2-3,6-7,13,18H,4-5,8-12H2,1H3,(H,19,21);1H. The van der Waals surface area contributed by atoms with E-state index in [9.17, 15) is 9.18 Å². The Hall–Kier alpha value is -1.17. The molecule has 1 heterocycles. The fourth-order valence-electron chi connectivity index (χ4n) is 2.84. The summed E-state index contributed by atoms with van der Waals surface area (Å²) in [6.45, 7) is 3.85. The molecule has 0 saturated carbocycles. The lowest BCUT2D eigenvalue weighted by molar-refractivity contribution is -0.116. The quantitative estimate of drug-likeness (QED) is 0.843. The van der Waals surface area contributed by atoms with Crippen LogP contribution in [0.4, 0.5) is 10.1 Å². The molecule has 1 unspecified atom stereocenters. The van der Waals surface area contributed by atoms with E-state index < -0.39 is 5.82 Å². The van der Waals surface area contributed by atoms with Crippen LogP contribution in [0, 0.1) is 11.7 Å². The Morgan fingerprint density at radius 3 is 2.91 bits per heavy atom. The Morgan fingerprint density at radius 2 is 2.18 bits per heavy atom. The van der Waals surface area contributed by atoms with Crippen LogP contribution < -0.4 is 10.6 Å². The van der Waals surface area contributed by atoms with Crippen LogP contribution in [0.5, 0.6) is 0 Å². The Balaban J connectivity index is 0.00000242. The number of nitrogens with one attached hydrogen (secondary N) is 2. The zero-order valence-electron chi connectivity index (χ0n) is 13.0. The van der Waals surface area contributed by atoms with Crippen LogP contribution >= 0.6 is 12.4 Å². The van der Waals surface area contributed by atoms with Crippen molar-refractivity contribution in [2.24, 2.45) is 5.92 Å². The number of nitrogens with zero attached hydrogens (tertiary/aromatic N) is 1. The van der Waals surface area contributed by atoms with Gasteiger partial charge in [0.25, 0.3) is 0 Å². The number of carbonyl (C=O) groups is 1. The van der Waals surface area contributed by atoms with Gasteiger partial charge in [0.2, 0.25) is 5.91 Å². The van der Waals surface area contributed by atoms with E-state index in [-0.39, 0.29) is 24.0 Å². The number of hydrogen-bond donors (Lipinski definition) is 2. The maximum Gasteiger partial charge on any atom is 0.225 e. The third-order valence-corrected chi connectivity index (χ3v) is 3.90. The molecular weight excluding hydrogens is 305 g/mol. The SMILES string of the molecule is CNCC1CCCN(CCC(=O)Nc2ccccc2F)C1.Cl. The second-order valence-electron chi connectivity index (χ2n) is 5.64. The molecule has 1 aliphatic heterocycles. The number of rotatable bonds is 6. The van der Waals surface area contributed by atoms with Gasteiger partial charge in [0.1, 0.15) is 5.82 Å². The average Bonchev–Trinajstić information content (AvgIpc) is 2.48. The van der Waals surface area contributed by atoms with E-state index in [1.165, 1.54) is 18.9 Å². The first-order valence-corrected chi connectivity index (χ1v) is 7.60. The lowest BCUT2D eigenvalue weighted by Gasteiger charge is -2.32. The van der Waals surface area contributed by atoms with Crippen LogP contribution in [0.15, 0.2) is 24.3 Å². The van der Waals surface area contributed by atoms with E-state index in [4.69, 9.17) is 0 Å². The number of likely N-dealkylation sites (tertiary alicyclic amines) is 1. The molecule has 1 atom stereocenters. The summed E-state index contributed by atoms with van der Waals surface area (Å²) >= 11 is 0. The van der Waals surface area contributed by atoms with Gasteiger partial charge in [-0.25, -0.2) is 4.39 Å². The summed E-state index contributed by atoms with van der Waals surface area (Å²) in [6, 6.07) is 6.26. The smallest absolute Gasteiger partial charge is 0.225 e. The third kappa shape index (κ3) is 5.91. The van der Waals surface area contributed by atoms with Crippen molar-refractivity contribution < 1.29 is 9.18 Å². The molecule has 4 nitrogen and oxygen atoms in total. The molecule has 1 fully saturated rings. The number of carbonyl (C=O) groups excluding carboxylic acids is 1. The number of anilines is 1. The third-order valence-electron chi connectivity index (χ3n) is 3.90. The normalized spacial score (nSPS) is 18.5. The predicted molar refractivity (Wildman–Crippen MR) is 90.0 cm³/mol. The van der Waals surface area contributed by atoms with E-state index in [2.05, 4.69) is 15.5 Å². The van der Waals surface area contributed by atoms with Crippen LogP contribution in [0.1, 0.15) is 19.3 Å². The van der Waals surface area contributed by atoms with Crippen LogP contribution in [-0.4, -0.2) is 44.0 Å². The largest absolute Gasteiger partial charge is 0.324 e. The van der Waals surface area contributed by atoms with E-state index in [0.717, 1.165) is 26.2 Å². The summed E-state index contributed by atoms with van der Waals surface area (Å²) in [5, 5.41) is 5.85. The summed E-state index contributed by atoms with van der Waals surface area (Å²) in [6.07, 6.45) is 2.83. The highest BCUT2D eigenvalue weighted by Crippen LogP contribution is 2.16.